The normalized spacial score (nSPS) is 24.8. The Balaban J connectivity index is 1.96. The summed E-state index contributed by atoms with van der Waals surface area (Å²) in [6.07, 6.45) is 3.00. The highest BCUT2D eigenvalue weighted by atomic mass is 79.9. The van der Waals surface area contributed by atoms with Crippen molar-refractivity contribution in [3.8, 4) is 11.8 Å². The van der Waals surface area contributed by atoms with Crippen molar-refractivity contribution in [3.05, 3.63) is 38.8 Å². The summed E-state index contributed by atoms with van der Waals surface area (Å²) in [6.45, 7) is 4.08. The first-order valence-corrected chi connectivity index (χ1v) is 12.8. The third-order valence-electron chi connectivity index (χ3n) is 6.34. The van der Waals surface area contributed by atoms with Gasteiger partial charge in [-0.05, 0) is 66.7 Å². The minimum Gasteiger partial charge on any atom is -0.496 e. The minimum atomic E-state index is -1.23. The highest BCUT2D eigenvalue weighted by molar-refractivity contribution is 9.10. The average molecular weight is 550 g/mol. The van der Waals surface area contributed by atoms with Gasteiger partial charge in [-0.3, -0.25) is 14.4 Å². The quantitative estimate of drug-likeness (QED) is 0.425. The number of thioether (sulfide) groups is 1. The average Bonchev–Trinajstić information content (AvgIpc) is 2.81. The molecule has 1 fully saturated rings. The third-order valence-corrected chi connectivity index (χ3v) is 7.96. The van der Waals surface area contributed by atoms with Gasteiger partial charge in [-0.25, -0.2) is 0 Å². The van der Waals surface area contributed by atoms with Gasteiger partial charge in [0.25, 0.3) is 0 Å². The predicted octanol–water partition coefficient (Wildman–Crippen LogP) is 3.72. The van der Waals surface area contributed by atoms with Crippen molar-refractivity contribution in [2.75, 3.05) is 20.0 Å². The predicted molar refractivity (Wildman–Crippen MR) is 132 cm³/mol. The number of nitrogens with zero attached hydrogens (tertiary/aromatic N) is 2. The summed E-state index contributed by atoms with van der Waals surface area (Å²) in [7, 11) is 2.73. The first kappa shape index (κ1) is 26.1. The monoisotopic (exact) mass is 549 g/mol. The van der Waals surface area contributed by atoms with E-state index in [1.54, 1.807) is 18.2 Å². The van der Waals surface area contributed by atoms with Gasteiger partial charge in [0.15, 0.2) is 0 Å². The van der Waals surface area contributed by atoms with Gasteiger partial charge in [0.1, 0.15) is 11.7 Å². The zero-order valence-corrected chi connectivity index (χ0v) is 22.0. The Kier molecular flexibility index (Phi) is 8.66. The van der Waals surface area contributed by atoms with E-state index in [2.05, 4.69) is 27.3 Å². The maximum absolute atomic E-state index is 13.0. The molecule has 2 aliphatic rings. The molecule has 1 N–H and O–H groups in total. The number of nitriles is 1. The number of benzene rings is 1. The Morgan fingerprint density at radius 1 is 1.26 bits per heavy atom. The van der Waals surface area contributed by atoms with Crippen LogP contribution in [-0.4, -0.2) is 54.7 Å². The van der Waals surface area contributed by atoms with E-state index in [0.717, 1.165) is 31.0 Å². The number of likely N-dealkylation sites (tertiary alicyclic amines) is 1. The van der Waals surface area contributed by atoms with E-state index in [4.69, 9.17) is 9.47 Å². The van der Waals surface area contributed by atoms with Gasteiger partial charge in [0, 0.05) is 18.0 Å². The summed E-state index contributed by atoms with van der Waals surface area (Å²) >= 11 is 4.55. The lowest BCUT2D eigenvalue weighted by atomic mass is 9.78. The van der Waals surface area contributed by atoms with E-state index in [-0.39, 0.29) is 34.3 Å². The molecule has 8 nitrogen and oxygen atoms in total. The lowest BCUT2D eigenvalue weighted by Crippen LogP contribution is -2.48. The number of hydrogen-bond acceptors (Lipinski definition) is 7. The van der Waals surface area contributed by atoms with Gasteiger partial charge in [-0.2, -0.15) is 5.26 Å². The third kappa shape index (κ3) is 5.26. The molecule has 1 saturated heterocycles. The summed E-state index contributed by atoms with van der Waals surface area (Å²) in [5.41, 5.74) is 0.793. The number of hydrogen-bond donors (Lipinski definition) is 1. The number of allylic oxidation sites excluding steroid dienone is 1. The SMILES string of the molecule is COC(=O)[C@@H]1C(=O)NC(SCC(=O)N2[C@H](C)CCC[C@@H]2C)=C(C#N)[C@@H]1c1ccc(OC)c(Br)c1. The molecular formula is C24H28BrN3O5S. The molecule has 0 saturated carbocycles. The fourth-order valence-corrected chi connectivity index (χ4v) is 6.15. The molecule has 2 heterocycles. The van der Waals surface area contributed by atoms with Crippen LogP contribution in [0, 0.1) is 17.2 Å². The molecule has 0 spiro atoms. The van der Waals surface area contributed by atoms with Crippen LogP contribution < -0.4 is 10.1 Å². The van der Waals surface area contributed by atoms with Crippen LogP contribution in [0.25, 0.3) is 0 Å². The van der Waals surface area contributed by atoms with Crippen molar-refractivity contribution in [2.24, 2.45) is 5.92 Å². The smallest absolute Gasteiger partial charge is 0.319 e. The number of rotatable bonds is 6. The molecule has 0 radical (unpaired) electrons. The van der Waals surface area contributed by atoms with Crippen LogP contribution in [0.4, 0.5) is 0 Å². The van der Waals surface area contributed by atoms with Crippen molar-refractivity contribution in [3.63, 3.8) is 0 Å². The summed E-state index contributed by atoms with van der Waals surface area (Å²) in [5, 5.41) is 13.0. The maximum atomic E-state index is 13.0. The molecule has 3 rings (SSSR count). The zero-order valence-electron chi connectivity index (χ0n) is 19.6. The van der Waals surface area contributed by atoms with Crippen LogP contribution in [0.15, 0.2) is 33.3 Å². The fourth-order valence-electron chi connectivity index (χ4n) is 4.68. The topological polar surface area (TPSA) is 109 Å². The molecule has 1 aromatic rings. The van der Waals surface area contributed by atoms with Crippen LogP contribution in [0.3, 0.4) is 0 Å². The molecule has 34 heavy (non-hydrogen) atoms. The Morgan fingerprint density at radius 2 is 1.94 bits per heavy atom. The number of halogens is 1. The van der Waals surface area contributed by atoms with E-state index in [0.29, 0.717) is 15.8 Å². The van der Waals surface area contributed by atoms with Gasteiger partial charge in [0.05, 0.1) is 41.1 Å². The molecular weight excluding hydrogens is 522 g/mol. The summed E-state index contributed by atoms with van der Waals surface area (Å²) in [4.78, 5) is 40.5. The summed E-state index contributed by atoms with van der Waals surface area (Å²) in [6, 6.07) is 7.60. The van der Waals surface area contributed by atoms with Crippen LogP contribution in [-0.2, 0) is 19.1 Å². The highest BCUT2D eigenvalue weighted by Gasteiger charge is 2.44. The summed E-state index contributed by atoms with van der Waals surface area (Å²) in [5.74, 6) is -2.79. The number of methoxy groups -OCH3 is 2. The van der Waals surface area contributed by atoms with Gasteiger partial charge in [-0.1, -0.05) is 17.8 Å². The molecule has 2 aliphatic heterocycles. The van der Waals surface area contributed by atoms with E-state index < -0.39 is 23.7 Å². The molecule has 1 aromatic carbocycles. The van der Waals surface area contributed by atoms with Crippen LogP contribution in [0.5, 0.6) is 5.75 Å². The van der Waals surface area contributed by atoms with Crippen molar-refractivity contribution in [2.45, 2.75) is 51.1 Å². The number of carbonyl (C=O) groups excluding carboxylic acids is 3. The van der Waals surface area contributed by atoms with Crippen LogP contribution in [0.2, 0.25) is 0 Å². The molecule has 0 unspecified atom stereocenters. The zero-order chi connectivity index (χ0) is 25.0. The Labute approximate surface area is 212 Å². The van der Waals surface area contributed by atoms with Crippen LogP contribution in [0.1, 0.15) is 44.6 Å². The molecule has 0 aliphatic carbocycles. The number of esters is 1. The van der Waals surface area contributed by atoms with Crippen LogP contribution >= 0.6 is 27.7 Å². The molecule has 0 aromatic heterocycles. The minimum absolute atomic E-state index is 0.0393. The molecule has 2 amide bonds. The number of piperidine rings is 1. The van der Waals surface area contributed by atoms with E-state index in [1.165, 1.54) is 14.2 Å². The van der Waals surface area contributed by atoms with Crippen molar-refractivity contribution in [1.82, 2.24) is 10.2 Å². The largest absolute Gasteiger partial charge is 0.496 e. The standard InChI is InChI=1S/C24H28BrN3O5S/c1-13-6-5-7-14(2)28(13)19(29)12-34-23-16(11-26)20(21(22(30)27-23)24(31)33-4)15-8-9-18(32-3)17(25)10-15/h8-10,13-14,20-21H,5-7,12H2,1-4H3,(H,27,30)/t13-,14+,20-,21-/m0/s1. The van der Waals surface area contributed by atoms with E-state index in [1.807, 2.05) is 18.7 Å². The maximum Gasteiger partial charge on any atom is 0.319 e. The Bertz CT molecular complexity index is 1040. The van der Waals surface area contributed by atoms with Crippen molar-refractivity contribution >= 4 is 45.5 Å². The number of ether oxygens (including phenoxy) is 2. The summed E-state index contributed by atoms with van der Waals surface area (Å²) < 4.78 is 10.8. The first-order chi connectivity index (χ1) is 16.2. The molecule has 10 heteroatoms. The van der Waals surface area contributed by atoms with E-state index in [9.17, 15) is 19.6 Å². The number of nitrogens with one attached hydrogen (secondary N) is 1. The van der Waals surface area contributed by atoms with E-state index >= 15 is 0 Å². The highest BCUT2D eigenvalue weighted by Crippen LogP contribution is 2.42. The van der Waals surface area contributed by atoms with Gasteiger partial charge in [0.2, 0.25) is 11.8 Å². The number of carbonyl (C=O) groups is 3. The Hall–Kier alpha value is -2.51. The lowest BCUT2D eigenvalue weighted by molar-refractivity contribution is -0.150. The number of amides is 2. The molecule has 0 bridgehead atoms. The van der Waals surface area contributed by atoms with Crippen molar-refractivity contribution < 1.29 is 23.9 Å². The Morgan fingerprint density at radius 3 is 2.50 bits per heavy atom. The van der Waals surface area contributed by atoms with Gasteiger partial charge >= 0.3 is 5.97 Å². The van der Waals surface area contributed by atoms with Crippen molar-refractivity contribution in [1.29, 1.82) is 5.26 Å². The second kappa shape index (κ2) is 11.3. The second-order valence-corrected chi connectivity index (χ2v) is 10.3. The second-order valence-electron chi connectivity index (χ2n) is 8.43. The van der Waals surface area contributed by atoms with Gasteiger partial charge in [-0.15, -0.1) is 0 Å². The first-order valence-electron chi connectivity index (χ1n) is 11.0. The fraction of sp³-hybridized carbons (Fsp3) is 0.500. The molecule has 182 valence electrons. The van der Waals surface area contributed by atoms with Gasteiger partial charge < -0.3 is 19.7 Å². The lowest BCUT2D eigenvalue weighted by Gasteiger charge is -2.39. The molecule has 4 atom stereocenters.